The number of hydrogen-bond acceptors (Lipinski definition) is 5. The number of aromatic amines is 1. The Kier molecular flexibility index (Phi) is 8.09. The fourth-order valence-electron chi connectivity index (χ4n) is 3.35. The number of H-pyrrole nitrogens is 1. The molecule has 1 fully saturated rings. The summed E-state index contributed by atoms with van der Waals surface area (Å²) in [4.78, 5) is 35.2. The number of anilines is 1. The molecular weight excluding hydrogens is 396 g/mol. The van der Waals surface area contributed by atoms with Crippen molar-refractivity contribution in [2.75, 3.05) is 37.7 Å². The van der Waals surface area contributed by atoms with Crippen molar-refractivity contribution in [3.05, 3.63) is 58.5 Å². The highest BCUT2D eigenvalue weighted by Crippen LogP contribution is 2.20. The van der Waals surface area contributed by atoms with Crippen LogP contribution in [0.25, 0.3) is 0 Å². The van der Waals surface area contributed by atoms with Gasteiger partial charge >= 0.3 is 6.03 Å². The van der Waals surface area contributed by atoms with Crippen molar-refractivity contribution in [1.29, 1.82) is 0 Å². The maximum Gasteiger partial charge on any atom is 0.324 e. The van der Waals surface area contributed by atoms with E-state index in [0.717, 1.165) is 24.2 Å². The van der Waals surface area contributed by atoms with Gasteiger partial charge in [0.15, 0.2) is 0 Å². The van der Waals surface area contributed by atoms with E-state index >= 15 is 0 Å². The predicted octanol–water partition coefficient (Wildman–Crippen LogP) is 3.48. The fourth-order valence-corrected chi connectivity index (χ4v) is 3.35. The number of carbonyl (C=O) groups excluding carboxylic acids is 1. The Labute approximate surface area is 182 Å². The molecule has 1 N–H and O–H groups in total. The van der Waals surface area contributed by atoms with Gasteiger partial charge in [-0.15, -0.1) is 0 Å². The van der Waals surface area contributed by atoms with E-state index in [0.29, 0.717) is 44.5 Å². The largest absolute Gasteiger partial charge is 0.494 e. The van der Waals surface area contributed by atoms with E-state index in [-0.39, 0.29) is 11.6 Å². The second-order valence-electron chi connectivity index (χ2n) is 7.58. The minimum Gasteiger partial charge on any atom is -0.494 e. The molecule has 166 valence electrons. The molecule has 3 rings (SSSR count). The van der Waals surface area contributed by atoms with Crippen LogP contribution in [-0.2, 0) is 4.84 Å². The second kappa shape index (κ2) is 11.2. The number of hydrogen-bond donors (Lipinski definition) is 1. The number of nitrogens with zero attached hydrogens (tertiary/aromatic N) is 3. The zero-order valence-electron chi connectivity index (χ0n) is 18.1. The normalized spacial score (nSPS) is 15.0. The lowest BCUT2D eigenvalue weighted by Crippen LogP contribution is -2.33. The number of ether oxygens (including phenoxy) is 1. The standard InChI is InChI=1S/C23H30N4O4/c1-3-31-25-17-19-4-6-21(7-5-19)30-15-10-18(2)9-12-26-13-14-27(23(26)29)20-8-11-24-22(28)16-20/h4-8,11,16-18H,3,9-10,12-15H2,1-2H3,(H,24,28)/b25-17+. The number of nitrogens with one attached hydrogen (secondary N) is 1. The molecule has 1 aromatic heterocycles. The molecule has 1 aliphatic rings. The first kappa shape index (κ1) is 22.4. The van der Waals surface area contributed by atoms with E-state index in [1.165, 1.54) is 6.07 Å². The Hall–Kier alpha value is -3.29. The third kappa shape index (κ3) is 6.60. The van der Waals surface area contributed by atoms with Crippen LogP contribution in [-0.4, -0.2) is 55.0 Å². The molecule has 1 atom stereocenters. The van der Waals surface area contributed by atoms with Crippen molar-refractivity contribution in [3.8, 4) is 5.75 Å². The zero-order valence-corrected chi connectivity index (χ0v) is 18.1. The Balaban J connectivity index is 1.37. The minimum atomic E-state index is -0.203. The third-order valence-corrected chi connectivity index (χ3v) is 5.22. The Morgan fingerprint density at radius 2 is 1.97 bits per heavy atom. The first-order chi connectivity index (χ1) is 15.1. The Morgan fingerprint density at radius 3 is 2.71 bits per heavy atom. The summed E-state index contributed by atoms with van der Waals surface area (Å²) >= 11 is 0. The molecule has 1 aliphatic heterocycles. The van der Waals surface area contributed by atoms with Gasteiger partial charge in [-0.1, -0.05) is 12.1 Å². The molecule has 8 heteroatoms. The number of urea groups is 1. The summed E-state index contributed by atoms with van der Waals surface area (Å²) in [6.07, 6.45) is 5.06. The van der Waals surface area contributed by atoms with Crippen LogP contribution in [0.1, 0.15) is 32.3 Å². The average Bonchev–Trinajstić information content (AvgIpc) is 3.14. The van der Waals surface area contributed by atoms with E-state index in [9.17, 15) is 9.59 Å². The van der Waals surface area contributed by atoms with Crippen LogP contribution < -0.4 is 15.2 Å². The van der Waals surface area contributed by atoms with E-state index in [1.807, 2.05) is 36.1 Å². The molecule has 0 aliphatic carbocycles. The van der Waals surface area contributed by atoms with Gasteiger partial charge < -0.3 is 19.5 Å². The van der Waals surface area contributed by atoms with E-state index < -0.39 is 0 Å². The molecule has 2 amide bonds. The number of aromatic nitrogens is 1. The highest BCUT2D eigenvalue weighted by atomic mass is 16.6. The molecular formula is C23H30N4O4. The molecule has 2 heterocycles. The summed E-state index contributed by atoms with van der Waals surface area (Å²) in [6.45, 7) is 7.22. The van der Waals surface area contributed by atoms with Crippen LogP contribution in [0.2, 0.25) is 0 Å². The highest BCUT2D eigenvalue weighted by Gasteiger charge is 2.29. The topological polar surface area (TPSA) is 87.2 Å². The molecule has 8 nitrogen and oxygen atoms in total. The predicted molar refractivity (Wildman–Crippen MR) is 121 cm³/mol. The van der Waals surface area contributed by atoms with Gasteiger partial charge in [0.25, 0.3) is 0 Å². The van der Waals surface area contributed by atoms with Crippen molar-refractivity contribution in [3.63, 3.8) is 0 Å². The number of oxime groups is 1. The van der Waals surface area contributed by atoms with Gasteiger partial charge in [0.1, 0.15) is 12.4 Å². The molecule has 2 aromatic rings. The minimum absolute atomic E-state index is 0.0398. The van der Waals surface area contributed by atoms with Gasteiger partial charge in [0, 0.05) is 31.9 Å². The lowest BCUT2D eigenvalue weighted by Gasteiger charge is -2.20. The maximum atomic E-state index is 12.6. The third-order valence-electron chi connectivity index (χ3n) is 5.22. The van der Waals surface area contributed by atoms with Gasteiger partial charge in [-0.2, -0.15) is 0 Å². The number of rotatable bonds is 11. The first-order valence-electron chi connectivity index (χ1n) is 10.7. The Morgan fingerprint density at radius 1 is 1.16 bits per heavy atom. The summed E-state index contributed by atoms with van der Waals surface area (Å²) in [5.41, 5.74) is 1.40. The van der Waals surface area contributed by atoms with Crippen LogP contribution >= 0.6 is 0 Å². The van der Waals surface area contributed by atoms with Gasteiger partial charge in [-0.25, -0.2) is 4.79 Å². The molecule has 0 saturated carbocycles. The SMILES string of the molecule is CCO/N=C/c1ccc(OCCC(C)CCN2CCN(c3cc[nH]c(=O)c3)C2=O)cc1. The molecule has 0 bridgehead atoms. The number of pyridine rings is 1. The molecule has 31 heavy (non-hydrogen) atoms. The molecule has 0 spiro atoms. The highest BCUT2D eigenvalue weighted by molar-refractivity contribution is 5.94. The van der Waals surface area contributed by atoms with Crippen LogP contribution in [0.5, 0.6) is 5.75 Å². The summed E-state index contributed by atoms with van der Waals surface area (Å²) < 4.78 is 5.84. The van der Waals surface area contributed by atoms with Crippen molar-refractivity contribution in [2.24, 2.45) is 11.1 Å². The molecule has 1 saturated heterocycles. The first-order valence-corrected chi connectivity index (χ1v) is 10.7. The van der Waals surface area contributed by atoms with Gasteiger partial charge in [0.05, 0.1) is 18.5 Å². The summed E-state index contributed by atoms with van der Waals surface area (Å²) in [5.74, 6) is 1.25. The quantitative estimate of drug-likeness (QED) is 0.440. The number of amides is 2. The van der Waals surface area contributed by atoms with Gasteiger partial charge in [-0.3, -0.25) is 9.69 Å². The van der Waals surface area contributed by atoms with E-state index in [1.54, 1.807) is 23.4 Å². The van der Waals surface area contributed by atoms with Crippen molar-refractivity contribution in [2.45, 2.75) is 26.7 Å². The zero-order chi connectivity index (χ0) is 22.1. The average molecular weight is 427 g/mol. The molecule has 0 radical (unpaired) electrons. The lowest BCUT2D eigenvalue weighted by atomic mass is 10.0. The molecule has 1 unspecified atom stereocenters. The van der Waals surface area contributed by atoms with Crippen LogP contribution in [0.15, 0.2) is 52.5 Å². The van der Waals surface area contributed by atoms with Crippen LogP contribution in [0.3, 0.4) is 0 Å². The summed E-state index contributed by atoms with van der Waals surface area (Å²) in [5, 5.41) is 3.85. The summed E-state index contributed by atoms with van der Waals surface area (Å²) in [7, 11) is 0. The van der Waals surface area contributed by atoms with Crippen LogP contribution in [0, 0.1) is 5.92 Å². The van der Waals surface area contributed by atoms with Crippen LogP contribution in [0.4, 0.5) is 10.5 Å². The maximum absolute atomic E-state index is 12.6. The monoisotopic (exact) mass is 426 g/mol. The smallest absolute Gasteiger partial charge is 0.324 e. The van der Waals surface area contributed by atoms with Crippen molar-refractivity contribution >= 4 is 17.9 Å². The fraction of sp³-hybridized carbons (Fsp3) is 0.435. The molecule has 1 aromatic carbocycles. The van der Waals surface area contributed by atoms with Gasteiger partial charge in [0.2, 0.25) is 5.56 Å². The lowest BCUT2D eigenvalue weighted by molar-refractivity contribution is 0.160. The van der Waals surface area contributed by atoms with E-state index in [4.69, 9.17) is 9.57 Å². The number of carbonyl (C=O) groups is 1. The van der Waals surface area contributed by atoms with Gasteiger partial charge in [-0.05, 0) is 61.6 Å². The summed E-state index contributed by atoms with van der Waals surface area (Å²) in [6, 6.07) is 10.9. The van der Waals surface area contributed by atoms with Crippen molar-refractivity contribution < 1.29 is 14.4 Å². The second-order valence-corrected chi connectivity index (χ2v) is 7.58. The number of benzene rings is 1. The van der Waals surface area contributed by atoms with E-state index in [2.05, 4.69) is 17.1 Å². The van der Waals surface area contributed by atoms with Crippen molar-refractivity contribution in [1.82, 2.24) is 9.88 Å². The Bertz CT molecular complexity index is 926.